The maximum Gasteiger partial charge on any atom is 0.338 e. The molecule has 0 aromatic heterocycles. The van der Waals surface area contributed by atoms with Crippen LogP contribution in [0.15, 0.2) is 60.7 Å². The van der Waals surface area contributed by atoms with E-state index in [2.05, 4.69) is 0 Å². The summed E-state index contributed by atoms with van der Waals surface area (Å²) in [6.07, 6.45) is 0. The fraction of sp³-hybridized carbons (Fsp3) is 0.120. The Kier molecular flexibility index (Phi) is 5.51. The minimum Gasteiger partial charge on any atom is -0.486 e. The van der Waals surface area contributed by atoms with Gasteiger partial charge in [0.1, 0.15) is 13.2 Å². The molecule has 3 aromatic carbocycles. The Labute approximate surface area is 198 Å². The van der Waals surface area contributed by atoms with Gasteiger partial charge in [0.25, 0.3) is 11.8 Å². The summed E-state index contributed by atoms with van der Waals surface area (Å²) < 4.78 is 16.0. The highest BCUT2D eigenvalue weighted by atomic mass is 35.5. The lowest BCUT2D eigenvalue weighted by Crippen LogP contribution is -2.29. The number of anilines is 1. The molecule has 0 bridgehead atoms. The number of Topliss-reactive ketones (excluding diaryl/α,β-unsaturated/α-hetero) is 1. The van der Waals surface area contributed by atoms with E-state index >= 15 is 0 Å². The summed E-state index contributed by atoms with van der Waals surface area (Å²) in [6.45, 7) is 0.318. The molecule has 170 valence electrons. The topological polar surface area (TPSA) is 99.2 Å². The van der Waals surface area contributed by atoms with Crippen LogP contribution < -0.4 is 14.4 Å². The molecule has 2 aliphatic heterocycles. The van der Waals surface area contributed by atoms with Gasteiger partial charge in [0.2, 0.25) is 0 Å². The number of benzene rings is 3. The van der Waals surface area contributed by atoms with Crippen LogP contribution in [0.3, 0.4) is 0 Å². The monoisotopic (exact) mass is 477 g/mol. The van der Waals surface area contributed by atoms with E-state index in [9.17, 15) is 19.2 Å². The predicted molar refractivity (Wildman–Crippen MR) is 121 cm³/mol. The molecule has 2 aliphatic rings. The van der Waals surface area contributed by atoms with Gasteiger partial charge in [0, 0.05) is 10.6 Å². The first-order chi connectivity index (χ1) is 16.4. The highest BCUT2D eigenvalue weighted by molar-refractivity contribution is 6.35. The lowest BCUT2D eigenvalue weighted by molar-refractivity contribution is 0.0474. The molecule has 0 fully saturated rings. The van der Waals surface area contributed by atoms with Gasteiger partial charge < -0.3 is 14.2 Å². The van der Waals surface area contributed by atoms with E-state index in [-0.39, 0.29) is 16.7 Å². The molecule has 5 rings (SSSR count). The summed E-state index contributed by atoms with van der Waals surface area (Å²) in [6, 6.07) is 15.1. The van der Waals surface area contributed by atoms with Crippen LogP contribution in [-0.2, 0) is 4.74 Å². The molecule has 3 aromatic rings. The van der Waals surface area contributed by atoms with Gasteiger partial charge in [0.15, 0.2) is 23.9 Å². The molecule has 9 heteroatoms. The zero-order valence-corrected chi connectivity index (χ0v) is 18.3. The van der Waals surface area contributed by atoms with Gasteiger partial charge in [-0.1, -0.05) is 11.6 Å². The van der Waals surface area contributed by atoms with E-state index in [1.165, 1.54) is 24.3 Å². The second kappa shape index (κ2) is 8.64. The molecule has 2 amide bonds. The number of carbonyl (C=O) groups is 4. The van der Waals surface area contributed by atoms with Gasteiger partial charge in [-0.15, -0.1) is 0 Å². The van der Waals surface area contributed by atoms with Crippen molar-refractivity contribution in [3.05, 3.63) is 87.9 Å². The second-order valence-corrected chi connectivity index (χ2v) is 7.98. The Morgan fingerprint density at radius 2 is 1.50 bits per heavy atom. The Hall–Kier alpha value is -4.17. The number of ether oxygens (including phenoxy) is 3. The standard InChI is InChI=1S/C25H16ClNO7/c26-16-3-5-17(6-4-16)27-23(29)18-7-1-15(11-19(18)24(27)30)25(31)34-13-20(28)14-2-8-21-22(12-14)33-10-9-32-21/h1-8,11-12H,9-10,13H2. The molecule has 8 nitrogen and oxygen atoms in total. The molecular weight excluding hydrogens is 462 g/mol. The van der Waals surface area contributed by atoms with E-state index in [0.717, 1.165) is 4.90 Å². The lowest BCUT2D eigenvalue weighted by Gasteiger charge is -2.18. The van der Waals surface area contributed by atoms with Crippen LogP contribution in [0, 0.1) is 0 Å². The van der Waals surface area contributed by atoms with Gasteiger partial charge in [-0.2, -0.15) is 0 Å². The number of halogens is 1. The number of nitrogens with zero attached hydrogens (tertiary/aromatic N) is 1. The summed E-state index contributed by atoms with van der Waals surface area (Å²) in [7, 11) is 0. The number of imide groups is 1. The predicted octanol–water partition coefficient (Wildman–Crippen LogP) is 3.95. The van der Waals surface area contributed by atoms with Crippen molar-refractivity contribution in [3.63, 3.8) is 0 Å². The fourth-order valence-electron chi connectivity index (χ4n) is 3.71. The number of fused-ring (bicyclic) bond motifs is 2. The molecule has 0 saturated carbocycles. The van der Waals surface area contributed by atoms with Crippen LogP contribution in [0.2, 0.25) is 5.02 Å². The third kappa shape index (κ3) is 3.88. The van der Waals surface area contributed by atoms with E-state index < -0.39 is 30.2 Å². The first-order valence-corrected chi connectivity index (χ1v) is 10.7. The zero-order chi connectivity index (χ0) is 23.8. The maximum absolute atomic E-state index is 12.9. The molecule has 0 atom stereocenters. The highest BCUT2D eigenvalue weighted by Gasteiger charge is 2.37. The SMILES string of the molecule is O=C(COC(=O)c1ccc2c(c1)C(=O)N(c1ccc(Cl)cc1)C2=O)c1ccc2c(c1)OCCO2. The van der Waals surface area contributed by atoms with Crippen LogP contribution >= 0.6 is 11.6 Å². The molecule has 0 unspecified atom stereocenters. The van der Waals surface area contributed by atoms with Crippen LogP contribution in [0.4, 0.5) is 5.69 Å². The molecular formula is C25H16ClNO7. The molecule has 0 aliphatic carbocycles. The van der Waals surface area contributed by atoms with E-state index in [1.54, 1.807) is 36.4 Å². The molecule has 2 heterocycles. The van der Waals surface area contributed by atoms with Crippen LogP contribution in [-0.4, -0.2) is 43.4 Å². The molecule has 0 N–H and O–H groups in total. The summed E-state index contributed by atoms with van der Waals surface area (Å²) in [5, 5.41) is 0.469. The number of esters is 1. The van der Waals surface area contributed by atoms with E-state index in [4.69, 9.17) is 25.8 Å². The van der Waals surface area contributed by atoms with Gasteiger partial charge in [-0.25, -0.2) is 9.69 Å². The first kappa shape index (κ1) is 21.7. The van der Waals surface area contributed by atoms with Gasteiger partial charge in [-0.3, -0.25) is 14.4 Å². The normalized spacial score (nSPS) is 14.1. The largest absolute Gasteiger partial charge is 0.486 e. The summed E-state index contributed by atoms with van der Waals surface area (Å²) in [5.41, 5.74) is 0.972. The van der Waals surface area contributed by atoms with Crippen molar-refractivity contribution in [3.8, 4) is 11.5 Å². The van der Waals surface area contributed by atoms with Crippen molar-refractivity contribution in [1.82, 2.24) is 0 Å². The van der Waals surface area contributed by atoms with E-state index in [1.807, 2.05) is 0 Å². The minimum atomic E-state index is -0.793. The number of carbonyl (C=O) groups excluding carboxylic acids is 4. The van der Waals surface area contributed by atoms with Crippen molar-refractivity contribution < 1.29 is 33.4 Å². The van der Waals surface area contributed by atoms with Crippen molar-refractivity contribution in [1.29, 1.82) is 0 Å². The van der Waals surface area contributed by atoms with E-state index in [0.29, 0.717) is 41.0 Å². The summed E-state index contributed by atoms with van der Waals surface area (Å²) >= 11 is 5.88. The Morgan fingerprint density at radius 3 is 2.26 bits per heavy atom. The number of rotatable bonds is 5. The van der Waals surface area contributed by atoms with Crippen molar-refractivity contribution in [2.45, 2.75) is 0 Å². The molecule has 0 saturated heterocycles. The van der Waals surface area contributed by atoms with Gasteiger partial charge in [0.05, 0.1) is 22.4 Å². The third-order valence-electron chi connectivity index (χ3n) is 5.41. The molecule has 0 radical (unpaired) electrons. The van der Waals surface area contributed by atoms with Gasteiger partial charge >= 0.3 is 5.97 Å². The van der Waals surface area contributed by atoms with Gasteiger partial charge in [-0.05, 0) is 60.7 Å². The number of hydrogen-bond acceptors (Lipinski definition) is 7. The Bertz CT molecular complexity index is 1350. The minimum absolute atomic E-state index is 0.0489. The summed E-state index contributed by atoms with van der Waals surface area (Å²) in [4.78, 5) is 51.7. The van der Waals surface area contributed by atoms with Crippen molar-refractivity contribution in [2.24, 2.45) is 0 Å². The quantitative estimate of drug-likeness (QED) is 0.311. The zero-order valence-electron chi connectivity index (χ0n) is 17.6. The highest BCUT2D eigenvalue weighted by Crippen LogP contribution is 2.32. The Balaban J connectivity index is 1.29. The third-order valence-corrected chi connectivity index (χ3v) is 5.66. The average Bonchev–Trinajstić information content (AvgIpc) is 3.11. The van der Waals surface area contributed by atoms with Crippen molar-refractivity contribution in [2.75, 3.05) is 24.7 Å². The maximum atomic E-state index is 12.9. The average molecular weight is 478 g/mol. The van der Waals surface area contributed by atoms with Crippen molar-refractivity contribution >= 4 is 40.9 Å². The second-order valence-electron chi connectivity index (χ2n) is 7.54. The summed E-state index contributed by atoms with van der Waals surface area (Å²) in [5.74, 6) is -1.29. The smallest absolute Gasteiger partial charge is 0.338 e. The molecule has 0 spiro atoms. The first-order valence-electron chi connectivity index (χ1n) is 10.3. The van der Waals surface area contributed by atoms with Crippen LogP contribution in [0.25, 0.3) is 0 Å². The fourth-order valence-corrected chi connectivity index (χ4v) is 3.83. The number of ketones is 1. The Morgan fingerprint density at radius 1 is 0.824 bits per heavy atom. The van der Waals surface area contributed by atoms with Crippen LogP contribution in [0.1, 0.15) is 41.4 Å². The number of amides is 2. The lowest BCUT2D eigenvalue weighted by atomic mass is 10.1. The molecule has 34 heavy (non-hydrogen) atoms. The van der Waals surface area contributed by atoms with Crippen LogP contribution in [0.5, 0.6) is 11.5 Å². The number of hydrogen-bond donors (Lipinski definition) is 0.